The van der Waals surface area contributed by atoms with Gasteiger partial charge in [0.05, 0.1) is 16.3 Å². The van der Waals surface area contributed by atoms with Crippen molar-refractivity contribution < 1.29 is 18.3 Å². The molecule has 3 aromatic heterocycles. The maximum absolute atomic E-state index is 14.1. The zero-order valence-corrected chi connectivity index (χ0v) is 25.7. The fraction of sp³-hybridized carbons (Fsp3) is 0.303. The number of carbonyl (C=O) groups is 1. The van der Waals surface area contributed by atoms with Gasteiger partial charge in [-0.05, 0) is 94.5 Å². The van der Waals surface area contributed by atoms with E-state index in [1.54, 1.807) is 28.0 Å². The Labute approximate surface area is 256 Å². The number of benzene rings is 2. The fourth-order valence-electron chi connectivity index (χ4n) is 5.86. The molecule has 6 nitrogen and oxygen atoms in total. The van der Waals surface area contributed by atoms with Crippen LogP contribution in [0.3, 0.4) is 0 Å². The van der Waals surface area contributed by atoms with E-state index in [4.69, 9.17) is 4.98 Å². The molecule has 0 bridgehead atoms. The number of aromatic nitrogens is 3. The van der Waals surface area contributed by atoms with Crippen molar-refractivity contribution in [3.05, 3.63) is 98.4 Å². The average molecular weight is 620 g/mol. The molecule has 2 aromatic carbocycles. The number of alkyl halides is 2. The number of hydrogen-bond acceptors (Lipinski definition) is 6. The Morgan fingerprint density at radius 2 is 1.67 bits per heavy atom. The number of fused-ring (bicyclic) bond motifs is 3. The Morgan fingerprint density at radius 1 is 0.977 bits per heavy atom. The summed E-state index contributed by atoms with van der Waals surface area (Å²) < 4.78 is 33.2. The van der Waals surface area contributed by atoms with E-state index in [2.05, 4.69) is 4.74 Å². The van der Waals surface area contributed by atoms with Crippen LogP contribution in [0.2, 0.25) is 0 Å². The largest absolute Gasteiger partial charge is 0.435 e. The summed E-state index contributed by atoms with van der Waals surface area (Å²) in [6.07, 6.45) is 5.20. The summed E-state index contributed by atoms with van der Waals surface area (Å²) in [6.45, 7) is 2.70. The number of Topliss-reactive ketones (excluding diaryl/α,β-unsaturated/α-hetero) is 1. The summed E-state index contributed by atoms with van der Waals surface area (Å²) in [6, 6.07) is 17.7. The van der Waals surface area contributed by atoms with Crippen LogP contribution < -0.4 is 10.3 Å². The summed E-state index contributed by atoms with van der Waals surface area (Å²) in [7, 11) is 0. The molecular formula is C33H31F2N3O3S2. The standard InChI is InChI=1S/C33H31F2N3O3S2/c1-19-18-26(20(2)37(19)23-14-16-24(17-15-23)41-32(34)35)29(39)21(3)42-33-36-30-28(25-12-8-5-9-13-27(25)43-30)31(40)38(33)22-10-6-4-7-11-22/h4,6-7,10-11,14-18,21,32H,5,8-9,12-13H2,1-3H3. The summed E-state index contributed by atoms with van der Waals surface area (Å²) in [5.74, 6) is -0.0171. The van der Waals surface area contributed by atoms with Crippen molar-refractivity contribution in [1.29, 1.82) is 0 Å². The normalized spacial score (nSPS) is 14.1. The third-order valence-electron chi connectivity index (χ3n) is 7.89. The Bertz CT molecular complexity index is 1860. The summed E-state index contributed by atoms with van der Waals surface area (Å²) in [4.78, 5) is 35.0. The van der Waals surface area contributed by atoms with Crippen LogP contribution in [-0.4, -0.2) is 31.8 Å². The van der Waals surface area contributed by atoms with Gasteiger partial charge in [-0.15, -0.1) is 11.3 Å². The monoisotopic (exact) mass is 619 g/mol. The third kappa shape index (κ3) is 5.65. The molecule has 222 valence electrons. The van der Waals surface area contributed by atoms with Crippen LogP contribution >= 0.6 is 23.1 Å². The van der Waals surface area contributed by atoms with E-state index in [-0.39, 0.29) is 17.1 Å². The smallest absolute Gasteiger partial charge is 0.387 e. The van der Waals surface area contributed by atoms with Gasteiger partial charge in [0.2, 0.25) is 0 Å². The van der Waals surface area contributed by atoms with Gasteiger partial charge in [0, 0.05) is 27.5 Å². The Kier molecular flexibility index (Phi) is 8.24. The number of hydrogen-bond donors (Lipinski definition) is 0. The molecule has 1 aliphatic rings. The quantitative estimate of drug-likeness (QED) is 0.0760. The molecule has 0 aliphatic heterocycles. The lowest BCUT2D eigenvalue weighted by atomic mass is 10.1. The van der Waals surface area contributed by atoms with Crippen LogP contribution in [0.15, 0.2) is 70.6 Å². The van der Waals surface area contributed by atoms with Gasteiger partial charge >= 0.3 is 6.61 Å². The van der Waals surface area contributed by atoms with Gasteiger partial charge < -0.3 is 9.30 Å². The lowest BCUT2D eigenvalue weighted by molar-refractivity contribution is -0.0498. The minimum atomic E-state index is -2.90. The van der Waals surface area contributed by atoms with Crippen LogP contribution in [0.5, 0.6) is 5.75 Å². The van der Waals surface area contributed by atoms with E-state index in [0.29, 0.717) is 16.1 Å². The number of nitrogens with zero attached hydrogens (tertiary/aromatic N) is 3. The minimum Gasteiger partial charge on any atom is -0.435 e. The molecule has 3 heterocycles. The average Bonchev–Trinajstić information content (AvgIpc) is 3.38. The first kappa shape index (κ1) is 29.3. The molecule has 6 rings (SSSR count). The number of aryl methyl sites for hydroxylation is 3. The molecule has 43 heavy (non-hydrogen) atoms. The topological polar surface area (TPSA) is 66.1 Å². The summed E-state index contributed by atoms with van der Waals surface area (Å²) >= 11 is 2.90. The number of thioether (sulfide) groups is 1. The van der Waals surface area contributed by atoms with Crippen LogP contribution in [0.1, 0.15) is 58.4 Å². The zero-order chi connectivity index (χ0) is 30.2. The van der Waals surface area contributed by atoms with Crippen LogP contribution in [-0.2, 0) is 12.8 Å². The van der Waals surface area contributed by atoms with Crippen molar-refractivity contribution in [2.24, 2.45) is 0 Å². The second-order valence-corrected chi connectivity index (χ2v) is 13.1. The molecule has 0 radical (unpaired) electrons. The first-order chi connectivity index (χ1) is 20.7. The first-order valence-electron chi connectivity index (χ1n) is 14.3. The molecule has 10 heteroatoms. The molecule has 0 saturated carbocycles. The van der Waals surface area contributed by atoms with Crippen molar-refractivity contribution >= 4 is 39.1 Å². The van der Waals surface area contributed by atoms with Crippen LogP contribution in [0.25, 0.3) is 21.6 Å². The Balaban J connectivity index is 1.36. The number of ether oxygens (including phenoxy) is 1. The molecule has 5 aromatic rings. The Morgan fingerprint density at radius 3 is 2.40 bits per heavy atom. The van der Waals surface area contributed by atoms with Gasteiger partial charge in [0.1, 0.15) is 10.6 Å². The number of carbonyl (C=O) groups excluding carboxylic acids is 1. The highest BCUT2D eigenvalue weighted by molar-refractivity contribution is 8.00. The predicted octanol–water partition coefficient (Wildman–Crippen LogP) is 8.09. The van der Waals surface area contributed by atoms with Gasteiger partial charge in [-0.3, -0.25) is 14.2 Å². The maximum atomic E-state index is 14.1. The van der Waals surface area contributed by atoms with Gasteiger partial charge in [0.25, 0.3) is 5.56 Å². The lowest BCUT2D eigenvalue weighted by Gasteiger charge is -2.16. The molecule has 0 spiro atoms. The van der Waals surface area contributed by atoms with Crippen molar-refractivity contribution in [2.75, 3.05) is 0 Å². The minimum absolute atomic E-state index is 0.0682. The number of ketones is 1. The van der Waals surface area contributed by atoms with Gasteiger partial charge in [-0.25, -0.2) is 4.98 Å². The van der Waals surface area contributed by atoms with E-state index in [1.165, 1.54) is 28.8 Å². The molecule has 0 fully saturated rings. The number of halogens is 2. The van der Waals surface area contributed by atoms with Crippen molar-refractivity contribution in [3.63, 3.8) is 0 Å². The zero-order valence-electron chi connectivity index (χ0n) is 24.1. The molecular weight excluding hydrogens is 589 g/mol. The molecule has 1 atom stereocenters. The van der Waals surface area contributed by atoms with E-state index >= 15 is 0 Å². The second kappa shape index (κ2) is 12.1. The van der Waals surface area contributed by atoms with Crippen LogP contribution in [0.4, 0.5) is 8.78 Å². The highest BCUT2D eigenvalue weighted by Gasteiger charge is 2.27. The van der Waals surface area contributed by atoms with Crippen molar-refractivity contribution in [3.8, 4) is 17.1 Å². The van der Waals surface area contributed by atoms with Gasteiger partial charge in [-0.2, -0.15) is 8.78 Å². The van der Waals surface area contributed by atoms with Gasteiger partial charge in [0.15, 0.2) is 10.9 Å². The highest BCUT2D eigenvalue weighted by Crippen LogP contribution is 2.36. The van der Waals surface area contributed by atoms with Crippen LogP contribution in [0, 0.1) is 13.8 Å². The lowest BCUT2D eigenvalue weighted by Crippen LogP contribution is -2.24. The van der Waals surface area contributed by atoms with Crippen molar-refractivity contribution in [2.45, 2.75) is 69.9 Å². The molecule has 1 aliphatic carbocycles. The Hall–Kier alpha value is -3.76. The molecule has 0 amide bonds. The summed E-state index contributed by atoms with van der Waals surface area (Å²) in [5.41, 5.74) is 4.64. The van der Waals surface area contributed by atoms with Crippen molar-refractivity contribution in [1.82, 2.24) is 14.1 Å². The van der Waals surface area contributed by atoms with E-state index in [0.717, 1.165) is 65.3 Å². The van der Waals surface area contributed by atoms with E-state index in [9.17, 15) is 18.4 Å². The third-order valence-corrected chi connectivity index (χ3v) is 10.1. The SMILES string of the molecule is Cc1cc(C(=O)C(C)Sc2nc3sc4c(c3c(=O)n2-c2ccccc2)CCCCC4)c(C)n1-c1ccc(OC(F)F)cc1. The highest BCUT2D eigenvalue weighted by atomic mass is 32.2. The summed E-state index contributed by atoms with van der Waals surface area (Å²) in [5, 5.41) is 0.667. The predicted molar refractivity (Wildman–Crippen MR) is 168 cm³/mol. The number of rotatable bonds is 8. The molecule has 0 saturated heterocycles. The second-order valence-electron chi connectivity index (χ2n) is 10.7. The number of para-hydroxylation sites is 1. The number of thiophene rings is 1. The first-order valence-corrected chi connectivity index (χ1v) is 16.0. The fourth-order valence-corrected chi connectivity index (χ4v) is 8.16. The van der Waals surface area contributed by atoms with E-state index < -0.39 is 11.9 Å². The maximum Gasteiger partial charge on any atom is 0.387 e. The van der Waals surface area contributed by atoms with Gasteiger partial charge in [-0.1, -0.05) is 36.4 Å². The molecule has 1 unspecified atom stereocenters. The molecule has 0 N–H and O–H groups in total. The van der Waals surface area contributed by atoms with E-state index in [1.807, 2.05) is 61.7 Å².